The van der Waals surface area contributed by atoms with Gasteiger partial charge in [-0.15, -0.1) is 24.8 Å². The highest BCUT2D eigenvalue weighted by atomic mass is 35.5. The van der Waals surface area contributed by atoms with Gasteiger partial charge in [0.2, 0.25) is 0 Å². The molecule has 3 heterocycles. The summed E-state index contributed by atoms with van der Waals surface area (Å²) in [7, 11) is 1.62. The molecule has 0 saturated carbocycles. The average molecular weight is 529 g/mol. The van der Waals surface area contributed by atoms with Crippen LogP contribution in [-0.2, 0) is 13.2 Å². The van der Waals surface area contributed by atoms with Crippen molar-refractivity contribution in [2.24, 2.45) is 5.92 Å². The van der Waals surface area contributed by atoms with Crippen LogP contribution in [0.3, 0.4) is 0 Å². The Balaban J connectivity index is 0.00000171. The molecule has 31 heavy (non-hydrogen) atoms. The van der Waals surface area contributed by atoms with Gasteiger partial charge in [0.05, 0.1) is 12.1 Å². The van der Waals surface area contributed by atoms with Crippen molar-refractivity contribution in [2.75, 3.05) is 26.7 Å². The fourth-order valence-corrected chi connectivity index (χ4v) is 5.00. The highest BCUT2D eigenvalue weighted by Crippen LogP contribution is 2.37. The van der Waals surface area contributed by atoms with Crippen molar-refractivity contribution >= 4 is 59.6 Å². The Morgan fingerprint density at radius 3 is 2.39 bits per heavy atom. The first-order valence-electron chi connectivity index (χ1n) is 9.92. The maximum Gasteiger partial charge on any atom is 0.180 e. The zero-order valence-corrected chi connectivity index (χ0v) is 21.1. The van der Waals surface area contributed by atoms with E-state index in [0.717, 1.165) is 30.1 Å². The van der Waals surface area contributed by atoms with Crippen LogP contribution in [0.2, 0.25) is 15.1 Å². The van der Waals surface area contributed by atoms with E-state index in [1.807, 2.05) is 18.2 Å². The van der Waals surface area contributed by atoms with Crippen LogP contribution in [0, 0.1) is 5.92 Å². The van der Waals surface area contributed by atoms with Gasteiger partial charge in [0, 0.05) is 34.7 Å². The number of nitrogens with zero attached hydrogens (tertiary/aromatic N) is 1. The van der Waals surface area contributed by atoms with Crippen molar-refractivity contribution in [3.63, 3.8) is 0 Å². The minimum absolute atomic E-state index is 0. The fourth-order valence-electron chi connectivity index (χ4n) is 4.25. The van der Waals surface area contributed by atoms with E-state index in [1.165, 1.54) is 25.9 Å². The lowest BCUT2D eigenvalue weighted by molar-refractivity contribution is 0.0720. The number of fused-ring (bicyclic) bond motifs is 3. The summed E-state index contributed by atoms with van der Waals surface area (Å²) in [6.07, 6.45) is 2.59. The first kappa shape index (κ1) is 26.7. The molecule has 1 N–H and O–H groups in total. The standard InChI is InChI=1S/C22H25Cl3N2O2.2ClH/c1-28-21-9-14(11-26-20-12-27-6-4-15(20)5-7-27)8-19(25)22(21)29-13-16-2-3-17(23)10-18(16)24;;/h2-3,8-10,15,20,26H,4-7,11-13H2,1H3;2*1H. The van der Waals surface area contributed by atoms with Gasteiger partial charge in [-0.2, -0.15) is 0 Å². The van der Waals surface area contributed by atoms with Gasteiger partial charge in [-0.25, -0.2) is 0 Å². The summed E-state index contributed by atoms with van der Waals surface area (Å²) < 4.78 is 11.5. The number of ether oxygens (including phenoxy) is 2. The smallest absolute Gasteiger partial charge is 0.180 e. The monoisotopic (exact) mass is 526 g/mol. The molecular formula is C22H27Cl5N2O2. The molecule has 0 spiro atoms. The Labute approximate surface area is 211 Å². The summed E-state index contributed by atoms with van der Waals surface area (Å²) in [5.74, 6) is 1.92. The first-order valence-corrected chi connectivity index (χ1v) is 11.1. The van der Waals surface area contributed by atoms with Crippen molar-refractivity contribution in [2.45, 2.75) is 32.0 Å². The molecule has 2 aromatic carbocycles. The van der Waals surface area contributed by atoms with Gasteiger partial charge in [-0.05, 0) is 61.7 Å². The zero-order valence-electron chi connectivity index (χ0n) is 17.2. The second-order valence-corrected chi connectivity index (χ2v) is 9.01. The normalized spacial score (nSPS) is 21.7. The molecule has 1 unspecified atom stereocenters. The van der Waals surface area contributed by atoms with Gasteiger partial charge in [-0.3, -0.25) is 0 Å². The minimum atomic E-state index is 0. The Hall–Kier alpha value is -0.590. The van der Waals surface area contributed by atoms with Crippen LogP contribution in [0.5, 0.6) is 11.5 Å². The SMILES string of the molecule is COc1cc(CNC2CN3CCC2CC3)cc(Cl)c1OCc1ccc(Cl)cc1Cl.Cl.Cl. The average Bonchev–Trinajstić information content (AvgIpc) is 2.73. The van der Waals surface area contributed by atoms with Crippen molar-refractivity contribution in [1.82, 2.24) is 10.2 Å². The van der Waals surface area contributed by atoms with Crippen LogP contribution >= 0.6 is 59.6 Å². The van der Waals surface area contributed by atoms with Crippen molar-refractivity contribution < 1.29 is 9.47 Å². The number of hydrogen-bond donors (Lipinski definition) is 1. The van der Waals surface area contributed by atoms with Crippen LogP contribution in [0.4, 0.5) is 0 Å². The molecular weight excluding hydrogens is 502 g/mol. The van der Waals surface area contributed by atoms with Gasteiger partial charge in [0.1, 0.15) is 6.61 Å². The molecule has 0 radical (unpaired) electrons. The van der Waals surface area contributed by atoms with Crippen LogP contribution in [0.25, 0.3) is 0 Å². The highest BCUT2D eigenvalue weighted by molar-refractivity contribution is 6.35. The molecule has 5 rings (SSSR count). The highest BCUT2D eigenvalue weighted by Gasteiger charge is 2.33. The van der Waals surface area contributed by atoms with Crippen LogP contribution < -0.4 is 14.8 Å². The third kappa shape index (κ3) is 6.48. The molecule has 9 heteroatoms. The molecule has 4 nitrogen and oxygen atoms in total. The van der Waals surface area contributed by atoms with Gasteiger partial charge >= 0.3 is 0 Å². The van der Waals surface area contributed by atoms with E-state index >= 15 is 0 Å². The lowest BCUT2D eigenvalue weighted by atomic mass is 9.84. The number of halogens is 5. The third-order valence-electron chi connectivity index (χ3n) is 5.90. The second kappa shape index (κ2) is 12.0. The molecule has 1 atom stereocenters. The number of methoxy groups -OCH3 is 1. The maximum atomic E-state index is 6.53. The number of piperidine rings is 3. The van der Waals surface area contributed by atoms with E-state index < -0.39 is 0 Å². The summed E-state index contributed by atoms with van der Waals surface area (Å²) in [5, 5.41) is 5.39. The Morgan fingerprint density at radius 1 is 1.03 bits per heavy atom. The third-order valence-corrected chi connectivity index (χ3v) is 6.77. The summed E-state index contributed by atoms with van der Waals surface area (Å²) in [4.78, 5) is 2.55. The molecule has 0 amide bonds. The van der Waals surface area contributed by atoms with E-state index in [1.54, 1.807) is 19.2 Å². The van der Waals surface area contributed by atoms with E-state index in [4.69, 9.17) is 44.3 Å². The molecule has 2 aromatic rings. The Bertz CT molecular complexity index is 875. The van der Waals surface area contributed by atoms with E-state index in [9.17, 15) is 0 Å². The van der Waals surface area contributed by atoms with Crippen molar-refractivity contribution in [3.05, 3.63) is 56.5 Å². The van der Waals surface area contributed by atoms with Crippen molar-refractivity contribution in [1.29, 1.82) is 0 Å². The molecule has 3 saturated heterocycles. The number of benzene rings is 2. The van der Waals surface area contributed by atoms with Gasteiger partial charge < -0.3 is 19.7 Å². The number of nitrogens with one attached hydrogen (secondary N) is 1. The molecule has 3 aliphatic heterocycles. The summed E-state index contributed by atoms with van der Waals surface area (Å²) >= 11 is 18.7. The minimum Gasteiger partial charge on any atom is -0.493 e. The molecule has 3 aliphatic rings. The van der Waals surface area contributed by atoms with E-state index in [0.29, 0.717) is 32.6 Å². The number of rotatable bonds is 7. The lowest BCUT2D eigenvalue weighted by Crippen LogP contribution is -2.55. The quantitative estimate of drug-likeness (QED) is 0.460. The molecule has 0 aromatic heterocycles. The van der Waals surface area contributed by atoms with Gasteiger partial charge in [0.15, 0.2) is 11.5 Å². The Kier molecular flexibility index (Phi) is 10.4. The van der Waals surface area contributed by atoms with Crippen molar-refractivity contribution in [3.8, 4) is 11.5 Å². The van der Waals surface area contributed by atoms with Gasteiger partial charge in [0.25, 0.3) is 0 Å². The van der Waals surface area contributed by atoms with Gasteiger partial charge in [-0.1, -0.05) is 40.9 Å². The Morgan fingerprint density at radius 2 is 1.77 bits per heavy atom. The predicted octanol–water partition coefficient (Wildman–Crippen LogP) is 6.26. The molecule has 172 valence electrons. The first-order chi connectivity index (χ1) is 14.0. The summed E-state index contributed by atoms with van der Waals surface area (Å²) in [6.45, 7) is 4.66. The van der Waals surface area contributed by atoms with Crippen LogP contribution in [0.15, 0.2) is 30.3 Å². The fraction of sp³-hybridized carbons (Fsp3) is 0.455. The topological polar surface area (TPSA) is 33.7 Å². The lowest BCUT2D eigenvalue weighted by Gasteiger charge is -2.45. The number of hydrogen-bond acceptors (Lipinski definition) is 4. The van der Waals surface area contributed by atoms with Crippen LogP contribution in [0.1, 0.15) is 24.0 Å². The van der Waals surface area contributed by atoms with E-state index in [-0.39, 0.29) is 31.4 Å². The summed E-state index contributed by atoms with van der Waals surface area (Å²) in [5.41, 5.74) is 1.92. The molecule has 3 fully saturated rings. The second-order valence-electron chi connectivity index (χ2n) is 7.76. The summed E-state index contributed by atoms with van der Waals surface area (Å²) in [6, 6.07) is 9.80. The van der Waals surface area contributed by atoms with Crippen LogP contribution in [-0.4, -0.2) is 37.7 Å². The molecule has 2 bridgehead atoms. The predicted molar refractivity (Wildman–Crippen MR) is 133 cm³/mol. The molecule has 0 aliphatic carbocycles. The van der Waals surface area contributed by atoms with E-state index in [2.05, 4.69) is 10.2 Å². The maximum absolute atomic E-state index is 6.53. The largest absolute Gasteiger partial charge is 0.493 e. The zero-order chi connectivity index (χ0) is 20.4.